The number of benzene rings is 1. The van der Waals surface area contributed by atoms with Gasteiger partial charge in [0.2, 0.25) is 0 Å². The van der Waals surface area contributed by atoms with Gasteiger partial charge >= 0.3 is 0 Å². The first-order chi connectivity index (χ1) is 6.11. The highest BCUT2D eigenvalue weighted by molar-refractivity contribution is 5.63. The fourth-order valence-corrected chi connectivity index (χ4v) is 1.59. The second-order valence-electron chi connectivity index (χ2n) is 3.29. The average molecular weight is 176 g/mol. The van der Waals surface area contributed by atoms with Crippen molar-refractivity contribution in [3.8, 4) is 5.75 Å². The maximum Gasteiger partial charge on any atom is 0.129 e. The lowest BCUT2D eigenvalue weighted by atomic mass is 9.99. The summed E-state index contributed by atoms with van der Waals surface area (Å²) in [6.07, 6.45) is 1.85. The Morgan fingerprint density at radius 2 is 1.85 bits per heavy atom. The van der Waals surface area contributed by atoms with E-state index in [-0.39, 0.29) is 0 Å². The molecule has 0 amide bonds. The predicted molar refractivity (Wildman–Crippen MR) is 57.3 cm³/mol. The van der Waals surface area contributed by atoms with E-state index < -0.39 is 0 Å². The molecule has 0 bridgehead atoms. The molecular formula is C12H16O. The zero-order valence-electron chi connectivity index (χ0n) is 8.77. The minimum Gasteiger partial charge on any atom is -0.496 e. The van der Waals surface area contributed by atoms with Gasteiger partial charge in [0.15, 0.2) is 0 Å². The molecule has 0 saturated heterocycles. The smallest absolute Gasteiger partial charge is 0.129 e. The number of ether oxygens (including phenoxy) is 1. The van der Waals surface area contributed by atoms with Gasteiger partial charge < -0.3 is 4.74 Å². The summed E-state index contributed by atoms with van der Waals surface area (Å²) >= 11 is 0. The predicted octanol–water partition coefficient (Wildman–Crippen LogP) is 3.26. The van der Waals surface area contributed by atoms with Crippen LogP contribution in [0.15, 0.2) is 12.6 Å². The van der Waals surface area contributed by atoms with Crippen LogP contribution in [0.4, 0.5) is 0 Å². The molecule has 1 aromatic carbocycles. The van der Waals surface area contributed by atoms with Crippen LogP contribution in [0.5, 0.6) is 5.75 Å². The van der Waals surface area contributed by atoms with Gasteiger partial charge in [0.25, 0.3) is 0 Å². The highest BCUT2D eigenvalue weighted by atomic mass is 16.5. The van der Waals surface area contributed by atoms with Gasteiger partial charge in [0, 0.05) is 5.56 Å². The van der Waals surface area contributed by atoms with E-state index in [0.29, 0.717) is 0 Å². The Morgan fingerprint density at radius 3 is 2.31 bits per heavy atom. The van der Waals surface area contributed by atoms with E-state index in [9.17, 15) is 0 Å². The molecule has 0 aliphatic rings. The summed E-state index contributed by atoms with van der Waals surface area (Å²) in [7, 11) is 1.70. The lowest BCUT2D eigenvalue weighted by Gasteiger charge is -2.13. The molecular weight excluding hydrogens is 160 g/mol. The zero-order valence-corrected chi connectivity index (χ0v) is 8.77. The first kappa shape index (κ1) is 9.85. The van der Waals surface area contributed by atoms with E-state index in [1.807, 2.05) is 6.08 Å². The molecule has 0 unspecified atom stereocenters. The average Bonchev–Trinajstić information content (AvgIpc) is 2.10. The van der Waals surface area contributed by atoms with E-state index in [1.54, 1.807) is 7.11 Å². The molecule has 0 radical (unpaired) electrons. The summed E-state index contributed by atoms with van der Waals surface area (Å²) in [4.78, 5) is 0. The Kier molecular flexibility index (Phi) is 2.76. The van der Waals surface area contributed by atoms with Crippen LogP contribution in [0.2, 0.25) is 0 Å². The fourth-order valence-electron chi connectivity index (χ4n) is 1.59. The van der Waals surface area contributed by atoms with Crippen molar-refractivity contribution in [1.82, 2.24) is 0 Å². The summed E-state index contributed by atoms with van der Waals surface area (Å²) in [6, 6.07) is 2.16. The zero-order chi connectivity index (χ0) is 10.0. The van der Waals surface area contributed by atoms with Crippen LogP contribution in [0.3, 0.4) is 0 Å². The van der Waals surface area contributed by atoms with Crippen molar-refractivity contribution in [2.45, 2.75) is 20.8 Å². The Balaban J connectivity index is 3.50. The van der Waals surface area contributed by atoms with Crippen LogP contribution >= 0.6 is 0 Å². The fraction of sp³-hybridized carbons (Fsp3) is 0.333. The maximum atomic E-state index is 5.36. The molecule has 0 N–H and O–H groups in total. The van der Waals surface area contributed by atoms with E-state index in [2.05, 4.69) is 33.4 Å². The highest BCUT2D eigenvalue weighted by Crippen LogP contribution is 2.29. The van der Waals surface area contributed by atoms with Crippen molar-refractivity contribution in [3.63, 3.8) is 0 Å². The standard InChI is InChI=1S/C12H16O/c1-6-11-9(3)7-8(2)10(4)12(11)13-5/h6-7H,1H2,2-5H3. The first-order valence-electron chi connectivity index (χ1n) is 4.39. The molecule has 0 spiro atoms. The molecule has 1 nitrogen and oxygen atoms in total. The normalized spacial score (nSPS) is 9.85. The van der Waals surface area contributed by atoms with Crippen LogP contribution in [0.1, 0.15) is 22.3 Å². The summed E-state index contributed by atoms with van der Waals surface area (Å²) in [5, 5.41) is 0. The molecule has 70 valence electrons. The number of rotatable bonds is 2. The third-order valence-corrected chi connectivity index (χ3v) is 2.44. The SMILES string of the molecule is C=Cc1c(C)cc(C)c(C)c1OC. The Labute approximate surface area is 80.0 Å². The molecule has 1 heteroatoms. The summed E-state index contributed by atoms with van der Waals surface area (Å²) in [6.45, 7) is 10.0. The lowest BCUT2D eigenvalue weighted by molar-refractivity contribution is 0.410. The number of methoxy groups -OCH3 is 1. The number of hydrogen-bond acceptors (Lipinski definition) is 1. The Bertz CT molecular complexity index is 337. The van der Waals surface area contributed by atoms with Crippen molar-refractivity contribution < 1.29 is 4.74 Å². The minimum atomic E-state index is 0.951. The van der Waals surface area contributed by atoms with Gasteiger partial charge in [-0.15, -0.1) is 0 Å². The third-order valence-electron chi connectivity index (χ3n) is 2.44. The largest absolute Gasteiger partial charge is 0.496 e. The van der Waals surface area contributed by atoms with Crippen molar-refractivity contribution in [2.24, 2.45) is 0 Å². The second kappa shape index (κ2) is 3.65. The van der Waals surface area contributed by atoms with Crippen LogP contribution in [-0.2, 0) is 0 Å². The van der Waals surface area contributed by atoms with E-state index in [4.69, 9.17) is 4.74 Å². The van der Waals surface area contributed by atoms with Crippen LogP contribution in [0, 0.1) is 20.8 Å². The Hall–Kier alpha value is -1.24. The van der Waals surface area contributed by atoms with Gasteiger partial charge in [-0.2, -0.15) is 0 Å². The molecule has 0 fully saturated rings. The van der Waals surface area contributed by atoms with E-state index in [1.165, 1.54) is 16.7 Å². The lowest BCUT2D eigenvalue weighted by Crippen LogP contribution is -1.96. The molecule has 0 aromatic heterocycles. The molecule has 0 aliphatic heterocycles. The Morgan fingerprint density at radius 1 is 1.23 bits per heavy atom. The van der Waals surface area contributed by atoms with Crippen molar-refractivity contribution >= 4 is 6.08 Å². The molecule has 1 aromatic rings. The van der Waals surface area contributed by atoms with E-state index in [0.717, 1.165) is 11.3 Å². The van der Waals surface area contributed by atoms with Gasteiger partial charge in [-0.25, -0.2) is 0 Å². The summed E-state index contributed by atoms with van der Waals surface area (Å²) < 4.78 is 5.36. The molecule has 0 aliphatic carbocycles. The number of hydrogen-bond donors (Lipinski definition) is 0. The highest BCUT2D eigenvalue weighted by Gasteiger charge is 2.08. The van der Waals surface area contributed by atoms with E-state index >= 15 is 0 Å². The van der Waals surface area contributed by atoms with Gasteiger partial charge in [0.1, 0.15) is 5.75 Å². The van der Waals surface area contributed by atoms with Gasteiger partial charge in [-0.1, -0.05) is 18.7 Å². The van der Waals surface area contributed by atoms with Crippen molar-refractivity contribution in [2.75, 3.05) is 7.11 Å². The van der Waals surface area contributed by atoms with Crippen molar-refractivity contribution in [3.05, 3.63) is 34.9 Å². The van der Waals surface area contributed by atoms with Crippen LogP contribution in [-0.4, -0.2) is 7.11 Å². The summed E-state index contributed by atoms with van der Waals surface area (Å²) in [5.41, 5.74) is 4.78. The molecule has 0 heterocycles. The van der Waals surface area contributed by atoms with Crippen molar-refractivity contribution in [1.29, 1.82) is 0 Å². The van der Waals surface area contributed by atoms with Gasteiger partial charge in [-0.05, 0) is 37.5 Å². The molecule has 0 saturated carbocycles. The maximum absolute atomic E-state index is 5.36. The number of aryl methyl sites for hydroxylation is 2. The minimum absolute atomic E-state index is 0.951. The van der Waals surface area contributed by atoms with Gasteiger partial charge in [-0.3, -0.25) is 0 Å². The monoisotopic (exact) mass is 176 g/mol. The second-order valence-corrected chi connectivity index (χ2v) is 3.29. The third kappa shape index (κ3) is 1.59. The first-order valence-corrected chi connectivity index (χ1v) is 4.39. The molecule has 0 atom stereocenters. The molecule has 13 heavy (non-hydrogen) atoms. The molecule has 1 rings (SSSR count). The summed E-state index contributed by atoms with van der Waals surface area (Å²) in [5.74, 6) is 0.951. The van der Waals surface area contributed by atoms with Crippen LogP contribution < -0.4 is 4.74 Å². The topological polar surface area (TPSA) is 9.23 Å². The van der Waals surface area contributed by atoms with Gasteiger partial charge in [0.05, 0.1) is 7.11 Å². The van der Waals surface area contributed by atoms with Crippen LogP contribution in [0.25, 0.3) is 6.08 Å². The quantitative estimate of drug-likeness (QED) is 0.672.